The van der Waals surface area contributed by atoms with Crippen LogP contribution in [0.15, 0.2) is 32.1 Å². The second-order valence-corrected chi connectivity index (χ2v) is 19.2. The van der Waals surface area contributed by atoms with E-state index in [2.05, 4.69) is 21.5 Å². The lowest BCUT2D eigenvalue weighted by Crippen LogP contribution is -2.50. The van der Waals surface area contributed by atoms with Crippen molar-refractivity contribution in [3.05, 3.63) is 46.3 Å². The van der Waals surface area contributed by atoms with Gasteiger partial charge in [-0.2, -0.15) is 10.4 Å². The lowest BCUT2D eigenvalue weighted by Gasteiger charge is -2.34. The average molecular weight is 742 g/mol. The molecule has 2 aliphatic rings. The molecule has 3 aromatic heterocycles. The van der Waals surface area contributed by atoms with Gasteiger partial charge >= 0.3 is 23.9 Å². The first-order valence-corrected chi connectivity index (χ1v) is 21.0. The normalized spacial score (nSPS) is 22.9. The smallest absolute Gasteiger partial charge is 0.463 e. The number of carbonyl (C=O) groups excluding carboxylic acids is 3. The predicted octanol–water partition coefficient (Wildman–Crippen LogP) is 5.39. The third-order valence-electron chi connectivity index (χ3n) is 9.49. The fourth-order valence-corrected chi connectivity index (χ4v) is 7.47. The van der Waals surface area contributed by atoms with Crippen LogP contribution in [0.1, 0.15) is 76.5 Å². The first-order chi connectivity index (χ1) is 24.6. The van der Waals surface area contributed by atoms with Gasteiger partial charge in [0.05, 0.1) is 11.6 Å². The van der Waals surface area contributed by atoms with E-state index < -0.39 is 56.0 Å². The van der Waals surface area contributed by atoms with E-state index in [-0.39, 0.29) is 66.0 Å². The van der Waals surface area contributed by atoms with Gasteiger partial charge in [-0.3, -0.25) is 14.9 Å². The minimum absolute atomic E-state index is 0.0345. The number of aryl methyl sites for hydroxylation is 1. The third-order valence-corrected chi connectivity index (χ3v) is 10.4. The number of nitrogens with zero attached hydrogens (tertiary/aromatic N) is 4. The zero-order chi connectivity index (χ0) is 37.8. The molecule has 0 aromatic carbocycles. The zero-order valence-electron chi connectivity index (χ0n) is 30.6. The van der Waals surface area contributed by atoms with Gasteiger partial charge in [0.1, 0.15) is 36.7 Å². The van der Waals surface area contributed by atoms with Gasteiger partial charge in [0.25, 0.3) is 0 Å². The summed E-state index contributed by atoms with van der Waals surface area (Å²) in [5, 5.41) is 17.9. The highest BCUT2D eigenvalue weighted by molar-refractivity contribution is 6.69. The first-order valence-electron chi connectivity index (χ1n) is 17.6. The van der Waals surface area contributed by atoms with Crippen LogP contribution < -0.4 is 11.1 Å². The third kappa shape index (κ3) is 8.73. The Balaban J connectivity index is 1.47. The molecule has 2 fully saturated rings. The molecular weight excluding hydrogens is 694 g/mol. The van der Waals surface area contributed by atoms with E-state index in [1.54, 1.807) is 19.1 Å². The molecule has 0 spiro atoms. The number of amides is 1. The van der Waals surface area contributed by atoms with Gasteiger partial charge in [0, 0.05) is 6.42 Å². The lowest BCUT2D eigenvalue weighted by atomic mass is 9.87. The Bertz CT molecular complexity index is 1850. The van der Waals surface area contributed by atoms with Crippen LogP contribution in [-0.4, -0.2) is 65.9 Å². The summed E-state index contributed by atoms with van der Waals surface area (Å²) >= 11 is 0. The van der Waals surface area contributed by atoms with Gasteiger partial charge in [-0.05, 0) is 63.4 Å². The molecule has 0 bridgehead atoms. The fourth-order valence-electron chi connectivity index (χ4n) is 6.41. The highest BCUT2D eigenvalue weighted by Gasteiger charge is 2.62. The van der Waals surface area contributed by atoms with E-state index in [4.69, 9.17) is 32.2 Å². The lowest BCUT2D eigenvalue weighted by molar-refractivity contribution is -0.164. The second kappa shape index (κ2) is 16.0. The van der Waals surface area contributed by atoms with Crippen molar-refractivity contribution in [1.82, 2.24) is 14.6 Å². The predicted molar refractivity (Wildman–Crippen MR) is 185 cm³/mol. The Labute approximate surface area is 302 Å². The molecule has 16 nitrogen and oxygen atoms in total. The van der Waals surface area contributed by atoms with E-state index in [9.17, 15) is 24.4 Å². The Morgan fingerprint density at radius 2 is 1.85 bits per heavy atom. The molecule has 1 N–H and O–H groups in total. The van der Waals surface area contributed by atoms with Crippen LogP contribution in [0.2, 0.25) is 19.6 Å². The number of nitriles is 1. The molecular formula is C35H47N5O11Si. The largest absolute Gasteiger partial charge is 0.519 e. The summed E-state index contributed by atoms with van der Waals surface area (Å²) in [6, 6.07) is 5.46. The molecule has 1 saturated carbocycles. The number of hydrogen-bond acceptors (Lipinski definition) is 14. The van der Waals surface area contributed by atoms with Gasteiger partial charge in [-0.15, -0.1) is 0 Å². The Hall–Kier alpha value is -4.53. The highest BCUT2D eigenvalue weighted by Crippen LogP contribution is 2.45. The maximum Gasteiger partial charge on any atom is 0.519 e. The summed E-state index contributed by atoms with van der Waals surface area (Å²) in [5.41, 5.74) is -1.44. The van der Waals surface area contributed by atoms with Crippen LogP contribution >= 0.6 is 0 Å². The molecule has 1 amide bonds. The van der Waals surface area contributed by atoms with Crippen LogP contribution in [-0.2, 0) is 45.2 Å². The number of anilines is 1. The van der Waals surface area contributed by atoms with Crippen molar-refractivity contribution in [3.63, 3.8) is 0 Å². The molecule has 17 heteroatoms. The van der Waals surface area contributed by atoms with Crippen LogP contribution in [0.3, 0.4) is 0 Å². The zero-order valence-corrected chi connectivity index (χ0v) is 31.6. The van der Waals surface area contributed by atoms with Crippen molar-refractivity contribution in [2.75, 3.05) is 11.9 Å². The molecule has 5 atom stereocenters. The summed E-state index contributed by atoms with van der Waals surface area (Å²) in [4.78, 5) is 54.8. The van der Waals surface area contributed by atoms with Crippen molar-refractivity contribution in [1.29, 1.82) is 5.26 Å². The molecule has 0 unspecified atom stereocenters. The highest BCUT2D eigenvalue weighted by atomic mass is 28.4. The van der Waals surface area contributed by atoms with E-state index in [0.29, 0.717) is 0 Å². The number of aromatic nitrogens is 3. The summed E-state index contributed by atoms with van der Waals surface area (Å²) in [7, 11) is -2.51. The van der Waals surface area contributed by atoms with E-state index in [1.165, 1.54) is 17.8 Å². The molecule has 0 radical (unpaired) electrons. The summed E-state index contributed by atoms with van der Waals surface area (Å²) in [6.07, 6.45) is 2.42. The van der Waals surface area contributed by atoms with E-state index >= 15 is 0 Å². The Morgan fingerprint density at radius 3 is 2.48 bits per heavy atom. The monoisotopic (exact) mass is 741 g/mol. The number of esters is 2. The molecule has 5 rings (SSSR count). The molecule has 1 aliphatic heterocycles. The van der Waals surface area contributed by atoms with Gasteiger partial charge in [0.2, 0.25) is 5.60 Å². The number of carbonyl (C=O) groups is 3. The van der Waals surface area contributed by atoms with Crippen LogP contribution in [0.4, 0.5) is 10.6 Å². The fraction of sp³-hybridized carbons (Fsp3) is 0.629. The molecule has 1 saturated heterocycles. The van der Waals surface area contributed by atoms with Gasteiger partial charge in [-0.1, -0.05) is 40.0 Å². The average Bonchev–Trinajstić information content (AvgIpc) is 3.75. The summed E-state index contributed by atoms with van der Waals surface area (Å²) in [5.74, 6) is -1.83. The standard InChI is InChI=1S/C35H47N5O11Si/c1-20(2)21(3)32(42)49-29-26(17-45-28(41)15-23-11-9-8-10-12-23)50-35(18-36,30(29)51-52(5,6)7)27-14-13-24-31(37-19-38-40(24)27)39-33(43)46-16-25-22(4)47-34(44)48-25/h13-14,19-21,23,26,29-30H,8-12,15-17H2,1-7H3,(H,37,38,39,43)/t21-,26+,29+,30+,35-/m0/s1. The Kier molecular flexibility index (Phi) is 11.9. The van der Waals surface area contributed by atoms with Gasteiger partial charge in [-0.25, -0.2) is 19.1 Å². The minimum atomic E-state index is -2.51. The van der Waals surface area contributed by atoms with Crippen LogP contribution in [0, 0.1) is 36.0 Å². The van der Waals surface area contributed by atoms with Crippen molar-refractivity contribution in [2.45, 2.75) is 116 Å². The second-order valence-electron chi connectivity index (χ2n) is 14.7. The van der Waals surface area contributed by atoms with Gasteiger partial charge in [0.15, 0.2) is 38.4 Å². The molecule has 52 heavy (non-hydrogen) atoms. The molecule has 1 aliphatic carbocycles. The number of fused-ring (bicyclic) bond motifs is 1. The van der Waals surface area contributed by atoms with Crippen molar-refractivity contribution < 1.29 is 46.6 Å². The number of hydrogen-bond donors (Lipinski definition) is 1. The minimum Gasteiger partial charge on any atom is -0.463 e. The van der Waals surface area contributed by atoms with Crippen molar-refractivity contribution in [3.8, 4) is 6.07 Å². The maximum atomic E-state index is 13.5. The summed E-state index contributed by atoms with van der Waals surface area (Å²) < 4.78 is 41.4. The van der Waals surface area contributed by atoms with Gasteiger partial charge < -0.3 is 32.2 Å². The van der Waals surface area contributed by atoms with E-state index in [0.717, 1.165) is 32.1 Å². The van der Waals surface area contributed by atoms with Crippen LogP contribution in [0.5, 0.6) is 0 Å². The maximum absolute atomic E-state index is 13.5. The molecule has 282 valence electrons. The number of rotatable bonds is 13. The topological polar surface area (TPSA) is 207 Å². The van der Waals surface area contributed by atoms with Crippen molar-refractivity contribution >= 4 is 37.7 Å². The van der Waals surface area contributed by atoms with E-state index in [1.807, 2.05) is 33.5 Å². The number of ether oxygens (including phenoxy) is 4. The van der Waals surface area contributed by atoms with Crippen molar-refractivity contribution in [2.24, 2.45) is 17.8 Å². The summed E-state index contributed by atoms with van der Waals surface area (Å²) in [6.45, 7) is 12.2. The first kappa shape index (κ1) is 38.7. The Morgan fingerprint density at radius 1 is 1.12 bits per heavy atom. The molecule has 3 aromatic rings. The molecule has 4 heterocycles. The van der Waals surface area contributed by atoms with Crippen LogP contribution in [0.25, 0.3) is 5.52 Å². The number of nitrogens with one attached hydrogen (secondary N) is 1. The quantitative estimate of drug-likeness (QED) is 0.132. The SMILES string of the molecule is Cc1oc(=O)oc1COC(=O)Nc1ncnn2c([C@]3(C#N)O[C@H](COC(=O)CC4CCCCC4)[C@@H](OC(=O)[C@@H](C)C(C)C)[C@H]3O[Si](C)(C)C)ccc12.